The van der Waals surface area contributed by atoms with Crippen LogP contribution in [0.4, 0.5) is 0 Å². The molecule has 4 N–H and O–H groups in total. The molecule has 10 atom stereocenters. The van der Waals surface area contributed by atoms with Crippen molar-refractivity contribution in [1.29, 1.82) is 0 Å². The predicted molar refractivity (Wildman–Crippen MR) is 83.6 cm³/mol. The fourth-order valence-corrected chi connectivity index (χ4v) is 4.03. The minimum atomic E-state index is -4.83. The Morgan fingerprint density at radius 1 is 1.11 bits per heavy atom. The highest BCUT2D eigenvalue weighted by atomic mass is 32.3. The van der Waals surface area contributed by atoms with Crippen LogP contribution in [-0.2, 0) is 38.3 Å². The molecule has 3 heterocycles. The van der Waals surface area contributed by atoms with Gasteiger partial charge in [0.1, 0.15) is 30.5 Å². The maximum Gasteiger partial charge on any atom is 0.397 e. The van der Waals surface area contributed by atoms with Gasteiger partial charge in [-0.3, -0.25) is 4.55 Å². The first-order chi connectivity index (χ1) is 12.7. The van der Waals surface area contributed by atoms with E-state index in [0.29, 0.717) is 0 Å². The Hall–Kier alpha value is -0.450. The number of hydrogen-bond donors (Lipinski definition) is 4. The number of hydrogen-bond acceptors (Lipinski definition) is 11. The van der Waals surface area contributed by atoms with Gasteiger partial charge >= 0.3 is 10.4 Å². The zero-order valence-corrected chi connectivity index (χ0v) is 15.5. The summed E-state index contributed by atoms with van der Waals surface area (Å²) in [6.07, 6.45) is -9.58. The van der Waals surface area contributed by atoms with Gasteiger partial charge in [-0.25, -0.2) is 4.18 Å². The Balaban J connectivity index is 1.76. The van der Waals surface area contributed by atoms with Crippen LogP contribution in [0.3, 0.4) is 0 Å². The Bertz CT molecular complexity index is 611. The second-order valence-electron chi connectivity index (χ2n) is 6.73. The van der Waals surface area contributed by atoms with Crippen molar-refractivity contribution in [3.8, 4) is 0 Å². The van der Waals surface area contributed by atoms with E-state index in [1.54, 1.807) is 6.92 Å². The van der Waals surface area contributed by atoms with Gasteiger partial charge < -0.3 is 39.0 Å². The lowest BCUT2D eigenvalue weighted by molar-refractivity contribution is -0.329. The van der Waals surface area contributed by atoms with Gasteiger partial charge in [0.25, 0.3) is 0 Å². The van der Waals surface area contributed by atoms with Crippen LogP contribution in [0.2, 0.25) is 0 Å². The molecule has 0 aromatic rings. The average molecular weight is 416 g/mol. The van der Waals surface area contributed by atoms with Gasteiger partial charge in [0.2, 0.25) is 0 Å². The van der Waals surface area contributed by atoms with E-state index in [0.717, 1.165) is 0 Å². The van der Waals surface area contributed by atoms with E-state index >= 15 is 0 Å². The highest BCUT2D eigenvalue weighted by Crippen LogP contribution is 2.37. The van der Waals surface area contributed by atoms with Crippen molar-refractivity contribution < 1.29 is 56.2 Å². The maximum absolute atomic E-state index is 11.2. The molecule has 0 spiro atoms. The zero-order valence-electron chi connectivity index (χ0n) is 14.7. The minimum Gasteiger partial charge on any atom is -0.394 e. The molecule has 2 bridgehead atoms. The summed E-state index contributed by atoms with van der Waals surface area (Å²) in [5, 5.41) is 29.7. The molecule has 3 saturated heterocycles. The standard InChI is InChI=1S/C14H24O12S/c1-5-8(16)6(3-15)23-13(9(5)17)25-10-7-4-22-11(10)12(14(21-2)24-7)26-27(18,19)20/h5-17H,3-4H2,1-2H3,(H,18,19,20)/t5-,6+,7+,8+,9+,10-,11-,12+,13-,14-/m0/s1. The molecule has 27 heavy (non-hydrogen) atoms. The largest absolute Gasteiger partial charge is 0.397 e. The molecule has 0 amide bonds. The van der Waals surface area contributed by atoms with E-state index in [2.05, 4.69) is 4.18 Å². The van der Waals surface area contributed by atoms with Gasteiger partial charge in [-0.05, 0) is 0 Å². The summed E-state index contributed by atoms with van der Waals surface area (Å²) in [4.78, 5) is 0. The third-order valence-corrected chi connectivity index (χ3v) is 5.49. The number of aliphatic hydroxyl groups is 3. The van der Waals surface area contributed by atoms with Crippen LogP contribution in [0, 0.1) is 5.92 Å². The van der Waals surface area contributed by atoms with Crippen LogP contribution in [0.1, 0.15) is 6.92 Å². The smallest absolute Gasteiger partial charge is 0.394 e. The van der Waals surface area contributed by atoms with Crippen molar-refractivity contribution in [2.75, 3.05) is 20.3 Å². The lowest BCUT2D eigenvalue weighted by atomic mass is 9.90. The number of rotatable bonds is 6. The summed E-state index contributed by atoms with van der Waals surface area (Å²) in [7, 11) is -3.56. The molecule has 3 fully saturated rings. The van der Waals surface area contributed by atoms with Gasteiger partial charge in [0.15, 0.2) is 18.7 Å². The van der Waals surface area contributed by atoms with Crippen LogP contribution in [-0.4, -0.2) is 104 Å². The summed E-state index contributed by atoms with van der Waals surface area (Å²) in [6, 6.07) is 0. The Morgan fingerprint density at radius 3 is 2.41 bits per heavy atom. The molecular formula is C14H24O12S. The fourth-order valence-electron chi connectivity index (χ4n) is 3.55. The summed E-state index contributed by atoms with van der Waals surface area (Å²) < 4.78 is 63.2. The molecule has 0 aromatic heterocycles. The Kier molecular flexibility index (Phi) is 6.39. The van der Waals surface area contributed by atoms with E-state index in [1.807, 2.05) is 0 Å². The summed E-state index contributed by atoms with van der Waals surface area (Å²) in [5.41, 5.74) is 0. The number of methoxy groups -OCH3 is 1. The number of aliphatic hydroxyl groups excluding tert-OH is 3. The van der Waals surface area contributed by atoms with E-state index in [4.69, 9.17) is 28.2 Å². The topological polar surface area (TPSA) is 170 Å². The summed E-state index contributed by atoms with van der Waals surface area (Å²) in [6.45, 7) is 1.12. The third-order valence-electron chi connectivity index (χ3n) is 5.03. The second-order valence-corrected chi connectivity index (χ2v) is 7.78. The van der Waals surface area contributed by atoms with E-state index < -0.39 is 78.2 Å². The molecule has 12 nitrogen and oxygen atoms in total. The quantitative estimate of drug-likeness (QED) is 0.334. The molecule has 13 heteroatoms. The zero-order chi connectivity index (χ0) is 19.9. The normalized spacial score (nSPS) is 47.9. The van der Waals surface area contributed by atoms with E-state index in [-0.39, 0.29) is 6.61 Å². The molecule has 3 rings (SSSR count). The van der Waals surface area contributed by atoms with Gasteiger partial charge in [0, 0.05) is 13.0 Å². The first-order valence-electron chi connectivity index (χ1n) is 8.39. The van der Waals surface area contributed by atoms with Crippen LogP contribution in [0.5, 0.6) is 0 Å². The second kappa shape index (κ2) is 8.12. The number of fused-ring (bicyclic) bond motifs is 2. The minimum absolute atomic E-state index is 0.0327. The maximum atomic E-state index is 11.2. The molecule has 0 saturated carbocycles. The molecule has 0 aliphatic carbocycles. The van der Waals surface area contributed by atoms with Crippen LogP contribution >= 0.6 is 0 Å². The molecular weight excluding hydrogens is 392 g/mol. The molecule has 3 aliphatic heterocycles. The molecule has 158 valence electrons. The van der Waals surface area contributed by atoms with Gasteiger partial charge in [0.05, 0.1) is 19.3 Å². The highest BCUT2D eigenvalue weighted by molar-refractivity contribution is 7.80. The average Bonchev–Trinajstić information content (AvgIpc) is 2.90. The summed E-state index contributed by atoms with van der Waals surface area (Å²) in [5.74, 6) is -0.652. The first kappa shape index (κ1) is 21.3. The monoisotopic (exact) mass is 416 g/mol. The third kappa shape index (κ3) is 4.28. The van der Waals surface area contributed by atoms with Gasteiger partial charge in [-0.1, -0.05) is 6.92 Å². The summed E-state index contributed by atoms with van der Waals surface area (Å²) >= 11 is 0. The van der Waals surface area contributed by atoms with Crippen molar-refractivity contribution in [2.45, 2.75) is 62.2 Å². The lowest BCUT2D eigenvalue weighted by Crippen LogP contribution is -2.60. The van der Waals surface area contributed by atoms with Crippen LogP contribution in [0.25, 0.3) is 0 Å². The highest BCUT2D eigenvalue weighted by Gasteiger charge is 2.56. The van der Waals surface area contributed by atoms with Crippen molar-refractivity contribution in [2.24, 2.45) is 5.92 Å². The van der Waals surface area contributed by atoms with Crippen molar-refractivity contribution in [1.82, 2.24) is 0 Å². The first-order valence-corrected chi connectivity index (χ1v) is 9.76. The van der Waals surface area contributed by atoms with E-state index in [1.165, 1.54) is 7.11 Å². The Morgan fingerprint density at radius 2 is 1.81 bits per heavy atom. The van der Waals surface area contributed by atoms with Crippen molar-refractivity contribution in [3.63, 3.8) is 0 Å². The van der Waals surface area contributed by atoms with Crippen LogP contribution < -0.4 is 0 Å². The van der Waals surface area contributed by atoms with Gasteiger partial charge in [-0.2, -0.15) is 8.42 Å². The molecule has 0 unspecified atom stereocenters. The molecule has 3 aliphatic rings. The molecule has 0 aromatic carbocycles. The van der Waals surface area contributed by atoms with Crippen molar-refractivity contribution in [3.05, 3.63) is 0 Å². The van der Waals surface area contributed by atoms with Crippen LogP contribution in [0.15, 0.2) is 0 Å². The predicted octanol–water partition coefficient (Wildman–Crippen LogP) is -2.60. The number of ether oxygens (including phenoxy) is 5. The molecule has 0 radical (unpaired) electrons. The van der Waals surface area contributed by atoms with E-state index in [9.17, 15) is 23.7 Å². The Labute approximate surface area is 155 Å². The van der Waals surface area contributed by atoms with Crippen molar-refractivity contribution >= 4 is 10.4 Å². The van der Waals surface area contributed by atoms with Gasteiger partial charge in [-0.15, -0.1) is 0 Å². The fraction of sp³-hybridized carbons (Fsp3) is 1.00. The lowest BCUT2D eigenvalue weighted by Gasteiger charge is -2.44. The SMILES string of the molecule is CO[C@H]1O[C@@H]2CO[C@@H]([C@H]2O[C@@H]2O[C@H](CO)[C@H](O)[C@H](C)[C@H]2O)[C@H]1OS(=O)(=O)O.